The van der Waals surface area contributed by atoms with Gasteiger partial charge in [-0.3, -0.25) is 4.79 Å². The van der Waals surface area contributed by atoms with Gasteiger partial charge in [0, 0.05) is 17.5 Å². The van der Waals surface area contributed by atoms with Crippen LogP contribution in [0, 0.1) is 18.6 Å². The standard InChI is InChI=1S/C19H17F2N3OS/c1-12-23-17-8-3-2-5-14(17)19(24-12)26-11-18(25)22-10-9-13-15(20)6-4-7-16(13)21/h2-8H,9-11H2,1H3,(H,22,25). The second-order valence-corrected chi connectivity index (χ2v) is 6.65. The van der Waals surface area contributed by atoms with Gasteiger partial charge in [0.15, 0.2) is 0 Å². The number of hydrogen-bond donors (Lipinski definition) is 1. The highest BCUT2D eigenvalue weighted by atomic mass is 32.2. The van der Waals surface area contributed by atoms with Crippen molar-refractivity contribution in [3.63, 3.8) is 0 Å². The van der Waals surface area contributed by atoms with E-state index in [0.717, 1.165) is 15.9 Å². The topological polar surface area (TPSA) is 54.9 Å². The Morgan fingerprint density at radius 2 is 1.81 bits per heavy atom. The number of carbonyl (C=O) groups excluding carboxylic acids is 1. The van der Waals surface area contributed by atoms with Crippen LogP contribution in [-0.2, 0) is 11.2 Å². The van der Waals surface area contributed by atoms with Crippen LogP contribution in [0.25, 0.3) is 10.9 Å². The molecule has 3 rings (SSSR count). The summed E-state index contributed by atoms with van der Waals surface area (Å²) in [5.74, 6) is -0.609. The van der Waals surface area contributed by atoms with Gasteiger partial charge in [0.1, 0.15) is 22.5 Å². The van der Waals surface area contributed by atoms with Crippen molar-refractivity contribution in [1.82, 2.24) is 15.3 Å². The Kier molecular flexibility index (Phi) is 5.78. The maximum absolute atomic E-state index is 13.6. The summed E-state index contributed by atoms with van der Waals surface area (Å²) in [6.07, 6.45) is 0.102. The third-order valence-electron chi connectivity index (χ3n) is 3.78. The highest BCUT2D eigenvalue weighted by molar-refractivity contribution is 8.00. The molecular formula is C19H17F2N3OS. The Morgan fingerprint density at radius 1 is 1.08 bits per heavy atom. The molecule has 0 aliphatic rings. The highest BCUT2D eigenvalue weighted by Gasteiger charge is 2.11. The molecule has 0 atom stereocenters. The van der Waals surface area contributed by atoms with E-state index in [-0.39, 0.29) is 30.2 Å². The molecule has 1 amide bonds. The third kappa shape index (κ3) is 4.35. The fourth-order valence-corrected chi connectivity index (χ4v) is 3.45. The Labute approximate surface area is 154 Å². The second kappa shape index (κ2) is 8.23. The van der Waals surface area contributed by atoms with Gasteiger partial charge in [-0.25, -0.2) is 18.7 Å². The lowest BCUT2D eigenvalue weighted by molar-refractivity contribution is -0.118. The Balaban J connectivity index is 1.57. The minimum Gasteiger partial charge on any atom is -0.355 e. The van der Waals surface area contributed by atoms with Crippen LogP contribution in [0.1, 0.15) is 11.4 Å². The van der Waals surface area contributed by atoms with Gasteiger partial charge in [0.05, 0.1) is 11.3 Å². The fraction of sp³-hybridized carbons (Fsp3) is 0.211. The number of benzene rings is 2. The Hall–Kier alpha value is -2.54. The minimum absolute atomic E-state index is 0.0159. The van der Waals surface area contributed by atoms with Crippen LogP contribution in [0.2, 0.25) is 0 Å². The summed E-state index contributed by atoms with van der Waals surface area (Å²) in [5, 5.41) is 4.31. The number of aromatic nitrogens is 2. The fourth-order valence-electron chi connectivity index (χ4n) is 2.55. The van der Waals surface area contributed by atoms with E-state index in [4.69, 9.17) is 0 Å². The first-order valence-corrected chi connectivity index (χ1v) is 9.09. The van der Waals surface area contributed by atoms with E-state index >= 15 is 0 Å². The van der Waals surface area contributed by atoms with Crippen molar-refractivity contribution in [3.05, 3.63) is 65.5 Å². The van der Waals surface area contributed by atoms with Crippen molar-refractivity contribution in [2.45, 2.75) is 18.4 Å². The molecule has 7 heteroatoms. The van der Waals surface area contributed by atoms with Gasteiger partial charge >= 0.3 is 0 Å². The molecule has 0 saturated carbocycles. The number of nitrogens with zero attached hydrogens (tertiary/aromatic N) is 2. The summed E-state index contributed by atoms with van der Waals surface area (Å²) in [4.78, 5) is 20.8. The zero-order chi connectivity index (χ0) is 18.5. The third-order valence-corrected chi connectivity index (χ3v) is 4.77. The molecule has 0 radical (unpaired) electrons. The van der Waals surface area contributed by atoms with Crippen molar-refractivity contribution in [1.29, 1.82) is 0 Å². The molecule has 1 heterocycles. The number of para-hydroxylation sites is 1. The number of thioether (sulfide) groups is 1. The zero-order valence-corrected chi connectivity index (χ0v) is 14.9. The number of aryl methyl sites for hydroxylation is 1. The van der Waals surface area contributed by atoms with Crippen molar-refractivity contribution in [2.75, 3.05) is 12.3 Å². The molecule has 1 N–H and O–H groups in total. The first-order valence-electron chi connectivity index (χ1n) is 8.10. The molecular weight excluding hydrogens is 356 g/mol. The summed E-state index contributed by atoms with van der Waals surface area (Å²) < 4.78 is 27.1. The van der Waals surface area contributed by atoms with E-state index in [1.165, 1.54) is 30.0 Å². The van der Waals surface area contributed by atoms with Crippen molar-refractivity contribution >= 4 is 28.6 Å². The minimum atomic E-state index is -0.600. The molecule has 2 aromatic carbocycles. The van der Waals surface area contributed by atoms with E-state index in [2.05, 4.69) is 15.3 Å². The molecule has 0 aliphatic heterocycles. The molecule has 0 unspecified atom stereocenters. The largest absolute Gasteiger partial charge is 0.355 e. The van der Waals surface area contributed by atoms with Crippen molar-refractivity contribution < 1.29 is 13.6 Å². The Bertz CT molecular complexity index is 929. The summed E-state index contributed by atoms with van der Waals surface area (Å²) in [7, 11) is 0. The van der Waals surface area contributed by atoms with Gasteiger partial charge in [0.25, 0.3) is 0 Å². The average molecular weight is 373 g/mol. The number of hydrogen-bond acceptors (Lipinski definition) is 4. The molecule has 1 aromatic heterocycles. The number of carbonyl (C=O) groups is 1. The first kappa shape index (κ1) is 18.3. The molecule has 0 fully saturated rings. The maximum Gasteiger partial charge on any atom is 0.230 e. The Morgan fingerprint density at radius 3 is 2.58 bits per heavy atom. The monoisotopic (exact) mass is 373 g/mol. The summed E-state index contributed by atoms with van der Waals surface area (Å²) >= 11 is 1.31. The predicted molar refractivity (Wildman–Crippen MR) is 98.1 cm³/mol. The van der Waals surface area contributed by atoms with E-state index in [1.807, 2.05) is 24.3 Å². The number of halogens is 2. The molecule has 3 aromatic rings. The lowest BCUT2D eigenvalue weighted by atomic mass is 10.1. The van der Waals surface area contributed by atoms with Crippen molar-refractivity contribution in [2.24, 2.45) is 0 Å². The number of fused-ring (bicyclic) bond motifs is 1. The van der Waals surface area contributed by atoms with E-state index in [0.29, 0.717) is 5.82 Å². The molecule has 0 bridgehead atoms. The maximum atomic E-state index is 13.6. The van der Waals surface area contributed by atoms with Crippen molar-refractivity contribution in [3.8, 4) is 0 Å². The summed E-state index contributed by atoms with van der Waals surface area (Å²) in [6.45, 7) is 1.97. The van der Waals surface area contributed by atoms with Gasteiger partial charge in [-0.1, -0.05) is 36.0 Å². The van der Waals surface area contributed by atoms with E-state index in [1.54, 1.807) is 6.92 Å². The van der Waals surface area contributed by atoms with Crippen LogP contribution in [0.5, 0.6) is 0 Å². The van der Waals surface area contributed by atoms with Gasteiger partial charge < -0.3 is 5.32 Å². The predicted octanol–water partition coefficient (Wildman–Crippen LogP) is 3.67. The average Bonchev–Trinajstić information content (AvgIpc) is 2.62. The smallest absolute Gasteiger partial charge is 0.230 e. The quantitative estimate of drug-likeness (QED) is 0.529. The van der Waals surface area contributed by atoms with Crippen LogP contribution < -0.4 is 5.32 Å². The molecule has 134 valence electrons. The summed E-state index contributed by atoms with van der Waals surface area (Å²) in [5.41, 5.74) is 0.816. The van der Waals surface area contributed by atoms with Gasteiger partial charge in [0.2, 0.25) is 5.91 Å². The lowest BCUT2D eigenvalue weighted by Gasteiger charge is -2.08. The van der Waals surface area contributed by atoms with Gasteiger partial charge in [-0.05, 0) is 31.5 Å². The highest BCUT2D eigenvalue weighted by Crippen LogP contribution is 2.24. The SMILES string of the molecule is Cc1nc(SCC(=O)NCCc2c(F)cccc2F)c2ccccc2n1. The molecule has 0 saturated heterocycles. The first-order chi connectivity index (χ1) is 12.5. The number of amides is 1. The van der Waals surface area contributed by atoms with Crippen LogP contribution in [0.3, 0.4) is 0 Å². The van der Waals surface area contributed by atoms with Crippen LogP contribution in [0.4, 0.5) is 8.78 Å². The van der Waals surface area contributed by atoms with Gasteiger partial charge in [-0.2, -0.15) is 0 Å². The molecule has 0 spiro atoms. The lowest BCUT2D eigenvalue weighted by Crippen LogP contribution is -2.27. The molecule has 26 heavy (non-hydrogen) atoms. The van der Waals surface area contributed by atoms with Crippen LogP contribution in [-0.4, -0.2) is 28.2 Å². The normalized spacial score (nSPS) is 10.9. The molecule has 0 aliphatic carbocycles. The van der Waals surface area contributed by atoms with Crippen LogP contribution >= 0.6 is 11.8 Å². The zero-order valence-electron chi connectivity index (χ0n) is 14.1. The van der Waals surface area contributed by atoms with Gasteiger partial charge in [-0.15, -0.1) is 0 Å². The number of nitrogens with one attached hydrogen (secondary N) is 1. The number of rotatable bonds is 6. The van der Waals surface area contributed by atoms with E-state index in [9.17, 15) is 13.6 Å². The van der Waals surface area contributed by atoms with E-state index < -0.39 is 11.6 Å². The summed E-state index contributed by atoms with van der Waals surface area (Å²) in [6, 6.07) is 11.3. The second-order valence-electron chi connectivity index (χ2n) is 5.68. The molecule has 4 nitrogen and oxygen atoms in total. The van der Waals surface area contributed by atoms with Crippen LogP contribution in [0.15, 0.2) is 47.5 Å².